The normalized spacial score (nSPS) is 12.1. The maximum Gasteiger partial charge on any atom is 0.325 e. The molecule has 0 aliphatic heterocycles. The minimum atomic E-state index is -1.49. The molecule has 0 aliphatic carbocycles. The highest BCUT2D eigenvalue weighted by Gasteiger charge is 2.25. The van der Waals surface area contributed by atoms with Crippen LogP contribution in [0.1, 0.15) is 11.6 Å². The molecule has 0 saturated heterocycles. The summed E-state index contributed by atoms with van der Waals surface area (Å²) in [6, 6.07) is 0.934. The first-order valence-corrected chi connectivity index (χ1v) is 5.07. The highest BCUT2D eigenvalue weighted by Crippen LogP contribution is 2.34. The number of nitrogens with zero attached hydrogens (tertiary/aromatic N) is 1. The van der Waals surface area contributed by atoms with E-state index in [1.165, 1.54) is 6.07 Å². The van der Waals surface area contributed by atoms with Crippen LogP contribution >= 0.6 is 22.6 Å². The molecule has 0 fully saturated rings. The minimum Gasteiger partial charge on any atom is -0.502 e. The van der Waals surface area contributed by atoms with Gasteiger partial charge in [0, 0.05) is 15.2 Å². The van der Waals surface area contributed by atoms with Crippen molar-refractivity contribution >= 4 is 34.2 Å². The lowest BCUT2D eigenvalue weighted by Gasteiger charge is -2.09. The van der Waals surface area contributed by atoms with Gasteiger partial charge in [-0.3, -0.25) is 14.9 Å². The molecule has 1 atom stereocenters. The van der Waals surface area contributed by atoms with Crippen molar-refractivity contribution in [1.82, 2.24) is 0 Å². The number of rotatable bonds is 3. The topological polar surface area (TPSA) is 127 Å². The Morgan fingerprint density at radius 2 is 2.12 bits per heavy atom. The number of aromatic hydroxyl groups is 1. The van der Waals surface area contributed by atoms with Gasteiger partial charge in [0.1, 0.15) is 6.04 Å². The lowest BCUT2D eigenvalue weighted by molar-refractivity contribution is -0.386. The fraction of sp³-hybridized carbons (Fsp3) is 0.125. The third-order valence-electron chi connectivity index (χ3n) is 1.88. The summed E-state index contributed by atoms with van der Waals surface area (Å²) in [4.78, 5) is 20.4. The molecule has 0 unspecified atom stereocenters. The zero-order valence-electron chi connectivity index (χ0n) is 7.75. The number of phenolic OH excluding ortho intramolecular Hbond substituents is 1. The lowest BCUT2D eigenvalue weighted by Crippen LogP contribution is -2.21. The first-order valence-electron chi connectivity index (χ1n) is 3.99. The van der Waals surface area contributed by atoms with Gasteiger partial charge in [0.2, 0.25) is 0 Å². The minimum absolute atomic E-state index is 0.175. The molecule has 86 valence electrons. The molecule has 0 radical (unpaired) electrons. The number of hydrogen-bond acceptors (Lipinski definition) is 5. The zero-order valence-corrected chi connectivity index (χ0v) is 9.91. The van der Waals surface area contributed by atoms with E-state index in [2.05, 4.69) is 0 Å². The SMILES string of the molecule is N[C@H](C(=O)O)c1cc(I)cc([N+](=O)[O-])c1O. The maximum absolute atomic E-state index is 10.6. The summed E-state index contributed by atoms with van der Waals surface area (Å²) in [5.41, 5.74) is 4.56. The highest BCUT2D eigenvalue weighted by atomic mass is 127. The monoisotopic (exact) mass is 338 g/mol. The Bertz CT molecular complexity index is 462. The molecule has 0 amide bonds. The van der Waals surface area contributed by atoms with Crippen LogP contribution in [0.2, 0.25) is 0 Å². The highest BCUT2D eigenvalue weighted by molar-refractivity contribution is 14.1. The predicted molar refractivity (Wildman–Crippen MR) is 62.0 cm³/mol. The number of carbonyl (C=O) groups is 1. The second-order valence-corrected chi connectivity index (χ2v) is 4.18. The molecule has 0 heterocycles. The van der Waals surface area contributed by atoms with Crippen molar-refractivity contribution < 1.29 is 19.9 Å². The Balaban J connectivity index is 3.40. The molecule has 1 rings (SSSR count). The van der Waals surface area contributed by atoms with E-state index >= 15 is 0 Å². The number of hydrogen-bond donors (Lipinski definition) is 3. The predicted octanol–water partition coefficient (Wildman–Crippen LogP) is 0.989. The number of nitro groups is 1. The summed E-state index contributed by atoms with van der Waals surface area (Å²) >= 11 is 1.77. The smallest absolute Gasteiger partial charge is 0.325 e. The summed E-state index contributed by atoms with van der Waals surface area (Å²) in [6.45, 7) is 0. The van der Waals surface area contributed by atoms with Crippen molar-refractivity contribution in [3.63, 3.8) is 0 Å². The Kier molecular flexibility index (Phi) is 3.65. The lowest BCUT2D eigenvalue weighted by atomic mass is 10.1. The van der Waals surface area contributed by atoms with Crippen LogP contribution in [0.3, 0.4) is 0 Å². The molecule has 0 bridgehead atoms. The average Bonchev–Trinajstić information content (AvgIpc) is 2.19. The van der Waals surface area contributed by atoms with E-state index in [0.29, 0.717) is 3.57 Å². The fourth-order valence-electron chi connectivity index (χ4n) is 1.11. The van der Waals surface area contributed by atoms with E-state index in [1.807, 2.05) is 0 Å². The maximum atomic E-state index is 10.6. The molecular weight excluding hydrogens is 331 g/mol. The van der Waals surface area contributed by atoms with E-state index in [9.17, 15) is 20.0 Å². The van der Waals surface area contributed by atoms with E-state index in [1.54, 1.807) is 22.6 Å². The standard InChI is InChI=1S/C8H7IN2O5/c9-3-1-4(6(10)8(13)14)7(12)5(2-3)11(15)16/h1-2,6,12H,10H2,(H,13,14)/t6-/m0/s1. The van der Waals surface area contributed by atoms with Gasteiger partial charge in [-0.15, -0.1) is 0 Å². The first kappa shape index (κ1) is 12.6. The van der Waals surface area contributed by atoms with Crippen molar-refractivity contribution in [2.75, 3.05) is 0 Å². The van der Waals surface area contributed by atoms with Gasteiger partial charge in [0.15, 0.2) is 5.75 Å². The van der Waals surface area contributed by atoms with Crippen LogP contribution in [0.25, 0.3) is 0 Å². The Morgan fingerprint density at radius 1 is 1.56 bits per heavy atom. The van der Waals surface area contributed by atoms with Crippen molar-refractivity contribution in [3.05, 3.63) is 31.4 Å². The second-order valence-electron chi connectivity index (χ2n) is 2.94. The van der Waals surface area contributed by atoms with Crippen molar-refractivity contribution in [2.45, 2.75) is 6.04 Å². The molecule has 0 spiro atoms. The van der Waals surface area contributed by atoms with Crippen LogP contribution in [-0.4, -0.2) is 21.1 Å². The number of nitrogens with two attached hydrogens (primary N) is 1. The number of nitro benzene ring substituents is 1. The summed E-state index contributed by atoms with van der Waals surface area (Å²) in [5.74, 6) is -2.08. The molecule has 1 aromatic carbocycles. The van der Waals surface area contributed by atoms with Crippen LogP contribution in [-0.2, 0) is 4.79 Å². The number of aliphatic carboxylic acids is 1. The van der Waals surface area contributed by atoms with Gasteiger partial charge in [-0.05, 0) is 28.7 Å². The second kappa shape index (κ2) is 4.61. The molecule has 16 heavy (non-hydrogen) atoms. The van der Waals surface area contributed by atoms with E-state index in [4.69, 9.17) is 10.8 Å². The summed E-state index contributed by atoms with van der Waals surface area (Å²) < 4.78 is 0.425. The number of phenols is 1. The van der Waals surface area contributed by atoms with Crippen molar-refractivity contribution in [1.29, 1.82) is 0 Å². The van der Waals surface area contributed by atoms with Gasteiger partial charge in [-0.25, -0.2) is 0 Å². The van der Waals surface area contributed by atoms with Gasteiger partial charge in [-0.2, -0.15) is 0 Å². The molecular formula is C8H7IN2O5. The summed E-state index contributed by atoms with van der Waals surface area (Å²) in [5, 5.41) is 28.8. The van der Waals surface area contributed by atoms with Crippen LogP contribution in [0.4, 0.5) is 5.69 Å². The van der Waals surface area contributed by atoms with Gasteiger partial charge < -0.3 is 15.9 Å². The molecule has 0 saturated carbocycles. The zero-order chi connectivity index (χ0) is 12.5. The van der Waals surface area contributed by atoms with Gasteiger partial charge in [-0.1, -0.05) is 0 Å². The summed E-state index contributed by atoms with van der Waals surface area (Å²) in [7, 11) is 0. The molecule has 1 aromatic rings. The number of carboxylic acids is 1. The number of halogens is 1. The molecule has 4 N–H and O–H groups in total. The molecule has 0 aromatic heterocycles. The quantitative estimate of drug-likeness (QED) is 0.429. The van der Waals surface area contributed by atoms with Gasteiger partial charge >= 0.3 is 11.7 Å². The third kappa shape index (κ3) is 2.39. The van der Waals surface area contributed by atoms with Gasteiger partial charge in [0.05, 0.1) is 4.92 Å². The Morgan fingerprint density at radius 3 is 2.56 bits per heavy atom. The van der Waals surface area contributed by atoms with Crippen molar-refractivity contribution in [3.8, 4) is 5.75 Å². The van der Waals surface area contributed by atoms with E-state index in [0.717, 1.165) is 6.07 Å². The summed E-state index contributed by atoms with van der Waals surface area (Å²) in [6.07, 6.45) is 0. The van der Waals surface area contributed by atoms with Crippen LogP contribution in [0.5, 0.6) is 5.75 Å². The van der Waals surface area contributed by atoms with Crippen molar-refractivity contribution in [2.24, 2.45) is 5.73 Å². The Labute approximate surface area is 103 Å². The van der Waals surface area contributed by atoms with Gasteiger partial charge in [0.25, 0.3) is 0 Å². The largest absolute Gasteiger partial charge is 0.502 e. The molecule has 8 heteroatoms. The molecule has 0 aliphatic rings. The van der Waals surface area contributed by atoms with Crippen LogP contribution < -0.4 is 5.73 Å². The van der Waals surface area contributed by atoms with E-state index < -0.39 is 28.4 Å². The number of benzene rings is 1. The third-order valence-corrected chi connectivity index (χ3v) is 2.50. The fourth-order valence-corrected chi connectivity index (χ4v) is 1.75. The average molecular weight is 338 g/mol. The first-order chi connectivity index (χ1) is 7.34. The number of carboxylic acid groups (broad SMARTS) is 1. The molecule has 7 nitrogen and oxygen atoms in total. The van der Waals surface area contributed by atoms with Crippen LogP contribution in [0, 0.1) is 13.7 Å². The van der Waals surface area contributed by atoms with E-state index in [-0.39, 0.29) is 5.56 Å². The Hall–Kier alpha value is -1.42. The van der Waals surface area contributed by atoms with Crippen LogP contribution in [0.15, 0.2) is 12.1 Å².